The zero-order chi connectivity index (χ0) is 15.8. The van der Waals surface area contributed by atoms with E-state index in [0.29, 0.717) is 0 Å². The molecule has 0 aliphatic carbocycles. The van der Waals surface area contributed by atoms with Gasteiger partial charge in [-0.15, -0.1) is 11.3 Å². The fraction of sp³-hybridized carbons (Fsp3) is 0.500. The first-order valence-corrected chi connectivity index (χ1v) is 8.49. The highest BCUT2D eigenvalue weighted by Gasteiger charge is 2.41. The predicted molar refractivity (Wildman–Crippen MR) is 74.7 cm³/mol. The number of ether oxygens (including phenoxy) is 1. The first-order valence-electron chi connectivity index (χ1n) is 6.17. The molecule has 1 N–H and O–H groups in total. The van der Waals surface area contributed by atoms with Gasteiger partial charge >= 0.3 is 11.9 Å². The number of hydrogen-bond donors (Lipinski definition) is 1. The van der Waals surface area contributed by atoms with Gasteiger partial charge in [0, 0.05) is 18.5 Å². The Balaban J connectivity index is 2.25. The van der Waals surface area contributed by atoms with Crippen molar-refractivity contribution in [3.05, 3.63) is 16.3 Å². The van der Waals surface area contributed by atoms with Gasteiger partial charge in [-0.2, -0.15) is 4.31 Å². The lowest BCUT2D eigenvalue weighted by Gasteiger charge is -2.14. The Labute approximate surface area is 126 Å². The molecule has 7 nitrogen and oxygen atoms in total. The summed E-state index contributed by atoms with van der Waals surface area (Å²) in [5.74, 6) is -2.56. The summed E-state index contributed by atoms with van der Waals surface area (Å²) in [5, 5.41) is 10.4. The van der Waals surface area contributed by atoms with Crippen LogP contribution in [0.15, 0.2) is 16.3 Å². The molecular weight excluding hydrogens is 318 g/mol. The summed E-state index contributed by atoms with van der Waals surface area (Å²) in [6.45, 7) is 1.81. The molecule has 116 valence electrons. The predicted octanol–water partition coefficient (Wildman–Crippen LogP) is 0.876. The molecule has 0 aromatic carbocycles. The molecule has 2 rings (SSSR count). The first-order chi connectivity index (χ1) is 9.77. The van der Waals surface area contributed by atoms with Crippen molar-refractivity contribution in [2.24, 2.45) is 11.8 Å². The zero-order valence-electron chi connectivity index (χ0n) is 11.5. The van der Waals surface area contributed by atoms with Crippen molar-refractivity contribution in [3.63, 3.8) is 0 Å². The minimum absolute atomic E-state index is 0.00820. The van der Waals surface area contributed by atoms with Crippen molar-refractivity contribution >= 4 is 33.3 Å². The number of nitrogens with zero attached hydrogens (tertiary/aromatic N) is 1. The molecular formula is C12H15NO6S2. The van der Waals surface area contributed by atoms with Gasteiger partial charge in [0.15, 0.2) is 0 Å². The second kappa shape index (κ2) is 5.74. The molecule has 0 amide bonds. The maximum Gasteiger partial charge on any atom is 0.348 e. The number of methoxy groups -OCH3 is 1. The molecule has 1 aliphatic heterocycles. The zero-order valence-corrected chi connectivity index (χ0v) is 13.1. The number of rotatable bonds is 4. The fourth-order valence-corrected chi connectivity index (χ4v) is 5.00. The highest BCUT2D eigenvalue weighted by molar-refractivity contribution is 7.89. The topological polar surface area (TPSA) is 101 Å². The van der Waals surface area contributed by atoms with Crippen LogP contribution in [0.4, 0.5) is 0 Å². The highest BCUT2D eigenvalue weighted by Crippen LogP contribution is 2.30. The van der Waals surface area contributed by atoms with Crippen LogP contribution >= 0.6 is 11.3 Å². The lowest BCUT2D eigenvalue weighted by molar-refractivity contribution is -0.142. The number of carboxylic acid groups (broad SMARTS) is 1. The van der Waals surface area contributed by atoms with E-state index < -0.39 is 27.9 Å². The Hall–Kier alpha value is -1.45. The van der Waals surface area contributed by atoms with Gasteiger partial charge in [-0.1, -0.05) is 6.92 Å². The van der Waals surface area contributed by atoms with E-state index in [-0.39, 0.29) is 28.8 Å². The van der Waals surface area contributed by atoms with Crippen molar-refractivity contribution in [2.45, 2.75) is 11.8 Å². The third-order valence-corrected chi connectivity index (χ3v) is 6.36. The molecule has 1 saturated heterocycles. The van der Waals surface area contributed by atoms with E-state index in [1.54, 1.807) is 6.92 Å². The lowest BCUT2D eigenvalue weighted by Crippen LogP contribution is -2.29. The van der Waals surface area contributed by atoms with Crippen LogP contribution in [0.5, 0.6) is 0 Å². The maximum atomic E-state index is 12.5. The molecule has 1 aromatic rings. The SMILES string of the molecule is COC(=O)c1cc(S(=O)(=O)N2C[C@@H](C)[C@H](C(=O)O)C2)cs1. The maximum absolute atomic E-state index is 12.5. The number of esters is 1. The molecule has 1 fully saturated rings. The van der Waals surface area contributed by atoms with E-state index in [1.807, 2.05) is 0 Å². The molecule has 2 heterocycles. The summed E-state index contributed by atoms with van der Waals surface area (Å²) in [4.78, 5) is 22.6. The van der Waals surface area contributed by atoms with Gasteiger partial charge < -0.3 is 9.84 Å². The normalized spacial score (nSPS) is 23.1. The van der Waals surface area contributed by atoms with Crippen LogP contribution in [0, 0.1) is 11.8 Å². The molecule has 0 saturated carbocycles. The van der Waals surface area contributed by atoms with E-state index in [0.717, 1.165) is 15.6 Å². The molecule has 1 aromatic heterocycles. The highest BCUT2D eigenvalue weighted by atomic mass is 32.2. The first kappa shape index (κ1) is 15.9. The summed E-state index contributed by atoms with van der Waals surface area (Å²) in [5.41, 5.74) is 0. The quantitative estimate of drug-likeness (QED) is 0.821. The van der Waals surface area contributed by atoms with Crippen molar-refractivity contribution in [1.29, 1.82) is 0 Å². The molecule has 2 atom stereocenters. The Bertz CT molecular complexity index is 665. The van der Waals surface area contributed by atoms with Crippen LogP contribution < -0.4 is 0 Å². The monoisotopic (exact) mass is 333 g/mol. The molecule has 0 bridgehead atoms. The summed E-state index contributed by atoms with van der Waals surface area (Å²) < 4.78 is 30.6. The summed E-state index contributed by atoms with van der Waals surface area (Å²) in [6, 6.07) is 1.25. The molecule has 9 heteroatoms. The van der Waals surface area contributed by atoms with Crippen LogP contribution in [-0.2, 0) is 19.6 Å². The van der Waals surface area contributed by atoms with E-state index in [1.165, 1.54) is 18.6 Å². The third-order valence-electron chi connectivity index (χ3n) is 3.50. The van der Waals surface area contributed by atoms with Crippen LogP contribution in [0.25, 0.3) is 0 Å². The van der Waals surface area contributed by atoms with Crippen molar-refractivity contribution in [3.8, 4) is 0 Å². The van der Waals surface area contributed by atoms with Crippen molar-refractivity contribution in [1.82, 2.24) is 4.31 Å². The Morgan fingerprint density at radius 3 is 2.62 bits per heavy atom. The Morgan fingerprint density at radius 1 is 1.43 bits per heavy atom. The number of carboxylic acids is 1. The minimum Gasteiger partial charge on any atom is -0.481 e. The molecule has 0 radical (unpaired) electrons. The summed E-state index contributed by atoms with van der Waals surface area (Å²) in [6.07, 6.45) is 0. The summed E-state index contributed by atoms with van der Waals surface area (Å²) >= 11 is 0.979. The van der Waals surface area contributed by atoms with Crippen LogP contribution in [0.3, 0.4) is 0 Å². The number of carbonyl (C=O) groups excluding carboxylic acids is 1. The third kappa shape index (κ3) is 2.94. The van der Waals surface area contributed by atoms with E-state index in [9.17, 15) is 18.0 Å². The van der Waals surface area contributed by atoms with Crippen LogP contribution in [0.1, 0.15) is 16.6 Å². The Kier molecular flexibility index (Phi) is 4.35. The van der Waals surface area contributed by atoms with E-state index in [4.69, 9.17) is 5.11 Å². The van der Waals surface area contributed by atoms with Gasteiger partial charge in [0.2, 0.25) is 10.0 Å². The molecule has 21 heavy (non-hydrogen) atoms. The van der Waals surface area contributed by atoms with E-state index >= 15 is 0 Å². The minimum atomic E-state index is -3.79. The van der Waals surface area contributed by atoms with Crippen LogP contribution in [0.2, 0.25) is 0 Å². The average Bonchev–Trinajstić information content (AvgIpc) is 3.04. The molecule has 1 aliphatic rings. The second-order valence-electron chi connectivity index (χ2n) is 4.88. The molecule has 0 unspecified atom stereocenters. The van der Waals surface area contributed by atoms with Crippen molar-refractivity contribution < 1.29 is 27.9 Å². The largest absolute Gasteiger partial charge is 0.481 e. The van der Waals surface area contributed by atoms with Gasteiger partial charge in [-0.25, -0.2) is 13.2 Å². The number of sulfonamides is 1. The lowest BCUT2D eigenvalue weighted by atomic mass is 9.99. The number of hydrogen-bond acceptors (Lipinski definition) is 6. The van der Waals surface area contributed by atoms with Gasteiger partial charge in [0.05, 0.1) is 17.9 Å². The summed E-state index contributed by atoms with van der Waals surface area (Å²) in [7, 11) is -2.57. The fourth-order valence-electron chi connectivity index (χ4n) is 2.25. The number of aliphatic carboxylic acids is 1. The van der Waals surface area contributed by atoms with Crippen molar-refractivity contribution in [2.75, 3.05) is 20.2 Å². The van der Waals surface area contributed by atoms with Gasteiger partial charge in [-0.3, -0.25) is 4.79 Å². The average molecular weight is 333 g/mol. The van der Waals surface area contributed by atoms with Crippen LogP contribution in [-0.4, -0.2) is 50.0 Å². The smallest absolute Gasteiger partial charge is 0.348 e. The number of carbonyl (C=O) groups is 2. The van der Waals surface area contributed by atoms with Gasteiger partial charge in [-0.05, 0) is 12.0 Å². The Morgan fingerprint density at radius 2 is 2.10 bits per heavy atom. The van der Waals surface area contributed by atoms with Gasteiger partial charge in [0.25, 0.3) is 0 Å². The number of thiophene rings is 1. The van der Waals surface area contributed by atoms with E-state index in [2.05, 4.69) is 4.74 Å². The molecule has 0 spiro atoms. The standard InChI is InChI=1S/C12H15NO6S2/c1-7-4-13(5-9(7)11(14)15)21(17,18)8-3-10(20-6-8)12(16)19-2/h3,6-7,9H,4-5H2,1-2H3,(H,14,15)/t7-,9-/m1/s1. The second-order valence-corrected chi connectivity index (χ2v) is 7.73. The van der Waals surface area contributed by atoms with Gasteiger partial charge in [0.1, 0.15) is 4.88 Å².